The predicted octanol–water partition coefficient (Wildman–Crippen LogP) is 0.974. The number of amides is 3. The molecule has 2 rings (SSSR count). The lowest BCUT2D eigenvalue weighted by Gasteiger charge is -2.14. The van der Waals surface area contributed by atoms with Crippen molar-refractivity contribution < 1.29 is 18.9 Å². The van der Waals surface area contributed by atoms with Gasteiger partial charge in [-0.25, -0.2) is 4.79 Å². The van der Waals surface area contributed by atoms with Crippen molar-refractivity contribution in [1.29, 1.82) is 0 Å². The normalized spacial score (nSPS) is 11.7. The number of hydrogen-bond donors (Lipinski definition) is 3. The Morgan fingerprint density at radius 1 is 1.22 bits per heavy atom. The third-order valence-electron chi connectivity index (χ3n) is 3.17. The number of carbonyl (C=O) groups is 2. The van der Waals surface area contributed by atoms with E-state index in [4.69, 9.17) is 16.0 Å². The van der Waals surface area contributed by atoms with E-state index in [1.165, 1.54) is 6.26 Å². The number of nitrogens with one attached hydrogen (secondary N) is 3. The number of rotatable bonds is 6. The molecule has 0 fully saturated rings. The molecule has 6 nitrogen and oxygen atoms in total. The molecule has 23 heavy (non-hydrogen) atoms. The van der Waals surface area contributed by atoms with E-state index in [0.29, 0.717) is 17.3 Å². The molecular formula is C16H19ClN3O3+. The maximum Gasteiger partial charge on any atom is 0.321 e. The summed E-state index contributed by atoms with van der Waals surface area (Å²) in [5, 5.41) is 5.51. The van der Waals surface area contributed by atoms with Crippen LogP contribution in [0.15, 0.2) is 47.1 Å². The van der Waals surface area contributed by atoms with Crippen LogP contribution in [0.25, 0.3) is 0 Å². The van der Waals surface area contributed by atoms with E-state index >= 15 is 0 Å². The Labute approximate surface area is 139 Å². The lowest BCUT2D eigenvalue weighted by atomic mass is 10.2. The van der Waals surface area contributed by atoms with Crippen molar-refractivity contribution in [2.24, 2.45) is 0 Å². The maximum atomic E-state index is 11.9. The number of benzene rings is 1. The molecule has 3 amide bonds. The quantitative estimate of drug-likeness (QED) is 0.736. The lowest BCUT2D eigenvalue weighted by Crippen LogP contribution is -3.09. The number of halogens is 1. The average molecular weight is 337 g/mol. The zero-order valence-electron chi connectivity index (χ0n) is 12.8. The summed E-state index contributed by atoms with van der Waals surface area (Å²) in [6.07, 6.45) is 1.52. The molecule has 0 aliphatic carbocycles. The molecule has 0 aliphatic heterocycles. The minimum Gasteiger partial charge on any atom is -0.467 e. The number of imide groups is 1. The molecule has 1 heterocycles. The SMILES string of the molecule is C[NH+](CC(=O)NC(=O)NCc1ccco1)Cc1ccccc1Cl. The molecule has 1 unspecified atom stereocenters. The van der Waals surface area contributed by atoms with Crippen molar-refractivity contribution in [3.63, 3.8) is 0 Å². The van der Waals surface area contributed by atoms with Crippen LogP contribution < -0.4 is 15.5 Å². The van der Waals surface area contributed by atoms with E-state index in [-0.39, 0.29) is 19.0 Å². The summed E-state index contributed by atoms with van der Waals surface area (Å²) in [5.41, 5.74) is 0.960. The first kappa shape index (κ1) is 17.1. The van der Waals surface area contributed by atoms with Gasteiger partial charge in [-0.1, -0.05) is 29.8 Å². The number of furan rings is 1. The second-order valence-electron chi connectivity index (χ2n) is 5.21. The van der Waals surface area contributed by atoms with Crippen LogP contribution >= 0.6 is 11.6 Å². The van der Waals surface area contributed by atoms with Crippen molar-refractivity contribution in [3.8, 4) is 0 Å². The number of urea groups is 1. The molecule has 0 saturated heterocycles. The highest BCUT2D eigenvalue weighted by Gasteiger charge is 2.14. The maximum absolute atomic E-state index is 11.9. The van der Waals surface area contributed by atoms with Crippen molar-refractivity contribution in [2.75, 3.05) is 13.6 Å². The molecule has 1 aromatic carbocycles. The van der Waals surface area contributed by atoms with Gasteiger partial charge in [-0.2, -0.15) is 0 Å². The summed E-state index contributed by atoms with van der Waals surface area (Å²) >= 11 is 6.09. The Morgan fingerprint density at radius 2 is 2.00 bits per heavy atom. The first-order valence-electron chi connectivity index (χ1n) is 7.19. The van der Waals surface area contributed by atoms with Crippen molar-refractivity contribution in [3.05, 3.63) is 59.0 Å². The summed E-state index contributed by atoms with van der Waals surface area (Å²) in [4.78, 5) is 24.4. The minimum absolute atomic E-state index is 0.166. The third kappa shape index (κ3) is 5.77. The van der Waals surface area contributed by atoms with Crippen LogP contribution in [0.5, 0.6) is 0 Å². The second-order valence-corrected chi connectivity index (χ2v) is 5.62. The topological polar surface area (TPSA) is 75.8 Å². The summed E-state index contributed by atoms with van der Waals surface area (Å²) in [7, 11) is 1.86. The summed E-state index contributed by atoms with van der Waals surface area (Å²) < 4.78 is 5.09. The van der Waals surface area contributed by atoms with Gasteiger partial charge in [0.2, 0.25) is 0 Å². The minimum atomic E-state index is -0.544. The standard InChI is InChI=1S/C16H18ClN3O3/c1-20(10-12-5-2-3-7-14(12)17)11-15(21)19-16(22)18-9-13-6-4-8-23-13/h2-8H,9-11H2,1H3,(H2,18,19,21,22)/p+1. The Morgan fingerprint density at radius 3 is 2.70 bits per heavy atom. The van der Waals surface area contributed by atoms with Gasteiger partial charge in [0.1, 0.15) is 12.3 Å². The fraction of sp³-hybridized carbons (Fsp3) is 0.250. The van der Waals surface area contributed by atoms with Crippen LogP contribution in [-0.2, 0) is 17.9 Å². The molecule has 2 aromatic rings. The fourth-order valence-electron chi connectivity index (χ4n) is 2.10. The van der Waals surface area contributed by atoms with E-state index < -0.39 is 6.03 Å². The first-order chi connectivity index (χ1) is 11.0. The largest absolute Gasteiger partial charge is 0.467 e. The number of quaternary nitrogens is 1. The molecule has 122 valence electrons. The summed E-state index contributed by atoms with van der Waals surface area (Å²) in [5.74, 6) is 0.264. The molecule has 0 radical (unpaired) electrons. The van der Waals surface area contributed by atoms with Crippen LogP contribution in [0.3, 0.4) is 0 Å². The molecule has 0 spiro atoms. The van der Waals surface area contributed by atoms with Crippen LogP contribution in [-0.4, -0.2) is 25.5 Å². The predicted molar refractivity (Wildman–Crippen MR) is 86.0 cm³/mol. The molecular weight excluding hydrogens is 318 g/mol. The van der Waals surface area contributed by atoms with E-state index in [1.807, 2.05) is 31.3 Å². The van der Waals surface area contributed by atoms with Crippen molar-refractivity contribution in [1.82, 2.24) is 10.6 Å². The fourth-order valence-corrected chi connectivity index (χ4v) is 2.30. The number of carbonyl (C=O) groups excluding carboxylic acids is 2. The lowest BCUT2D eigenvalue weighted by molar-refractivity contribution is -0.885. The zero-order chi connectivity index (χ0) is 16.7. The average Bonchev–Trinajstić information content (AvgIpc) is 3.00. The van der Waals surface area contributed by atoms with E-state index in [2.05, 4.69) is 10.6 Å². The van der Waals surface area contributed by atoms with Gasteiger partial charge in [0.25, 0.3) is 5.91 Å². The second kappa shape index (κ2) is 8.36. The van der Waals surface area contributed by atoms with Gasteiger partial charge in [0, 0.05) is 10.6 Å². The van der Waals surface area contributed by atoms with Gasteiger partial charge < -0.3 is 14.6 Å². The van der Waals surface area contributed by atoms with E-state index in [9.17, 15) is 9.59 Å². The number of hydrogen-bond acceptors (Lipinski definition) is 3. The molecule has 1 aromatic heterocycles. The monoisotopic (exact) mass is 336 g/mol. The first-order valence-corrected chi connectivity index (χ1v) is 7.57. The van der Waals surface area contributed by atoms with Crippen LogP contribution in [0.2, 0.25) is 5.02 Å². The Bertz CT molecular complexity index is 658. The Balaban J connectivity index is 1.73. The van der Waals surface area contributed by atoms with Crippen LogP contribution in [0.1, 0.15) is 11.3 Å². The summed E-state index contributed by atoms with van der Waals surface area (Å²) in [6, 6.07) is 10.4. The van der Waals surface area contributed by atoms with Gasteiger partial charge in [-0.15, -0.1) is 0 Å². The zero-order valence-corrected chi connectivity index (χ0v) is 13.5. The van der Waals surface area contributed by atoms with E-state index in [0.717, 1.165) is 10.5 Å². The van der Waals surface area contributed by atoms with Crippen molar-refractivity contribution in [2.45, 2.75) is 13.1 Å². The van der Waals surface area contributed by atoms with Crippen molar-refractivity contribution >= 4 is 23.5 Å². The Hall–Kier alpha value is -2.31. The smallest absolute Gasteiger partial charge is 0.321 e. The van der Waals surface area contributed by atoms with Gasteiger partial charge in [-0.3, -0.25) is 10.1 Å². The molecule has 0 saturated carbocycles. The highest BCUT2D eigenvalue weighted by atomic mass is 35.5. The van der Waals surface area contributed by atoms with Crippen LogP contribution in [0, 0.1) is 0 Å². The molecule has 1 atom stereocenters. The van der Waals surface area contributed by atoms with Gasteiger partial charge in [-0.05, 0) is 18.2 Å². The summed E-state index contributed by atoms with van der Waals surface area (Å²) in [6.45, 7) is 0.995. The Kier molecular flexibility index (Phi) is 6.19. The van der Waals surface area contributed by atoms with Gasteiger partial charge in [0.05, 0.1) is 19.9 Å². The molecule has 7 heteroatoms. The van der Waals surface area contributed by atoms with E-state index in [1.54, 1.807) is 12.1 Å². The van der Waals surface area contributed by atoms with Gasteiger partial charge in [0.15, 0.2) is 6.54 Å². The number of likely N-dealkylation sites (N-methyl/N-ethyl adjacent to an activating group) is 1. The molecule has 0 bridgehead atoms. The van der Waals surface area contributed by atoms with Gasteiger partial charge >= 0.3 is 6.03 Å². The van der Waals surface area contributed by atoms with Crippen LogP contribution in [0.4, 0.5) is 4.79 Å². The highest BCUT2D eigenvalue weighted by molar-refractivity contribution is 6.31. The molecule has 0 aliphatic rings. The molecule has 3 N–H and O–H groups in total. The highest BCUT2D eigenvalue weighted by Crippen LogP contribution is 2.13. The third-order valence-corrected chi connectivity index (χ3v) is 3.54.